The number of pyridine rings is 1. The highest BCUT2D eigenvalue weighted by molar-refractivity contribution is 7.80. The van der Waals surface area contributed by atoms with E-state index in [0.29, 0.717) is 16.9 Å². The number of rotatable bonds is 5. The third-order valence-corrected chi connectivity index (χ3v) is 4.22. The van der Waals surface area contributed by atoms with E-state index < -0.39 is 0 Å². The minimum atomic E-state index is 0.384. The van der Waals surface area contributed by atoms with Crippen LogP contribution in [0.25, 0.3) is 0 Å². The fourth-order valence-electron chi connectivity index (χ4n) is 2.96. The predicted octanol–water partition coefficient (Wildman–Crippen LogP) is 3.47. The first kappa shape index (κ1) is 16.2. The minimum Gasteiger partial charge on any atom is -0.389 e. The Morgan fingerprint density at radius 1 is 1.29 bits per heavy atom. The fourth-order valence-corrected chi connectivity index (χ4v) is 3.11. The summed E-state index contributed by atoms with van der Waals surface area (Å²) < 4.78 is 0. The summed E-state index contributed by atoms with van der Waals surface area (Å²) >= 11 is 5.29. The van der Waals surface area contributed by atoms with Crippen LogP contribution in [-0.4, -0.2) is 22.6 Å². The molecular formula is C17H27N3S. The molecule has 4 heteroatoms. The summed E-state index contributed by atoms with van der Waals surface area (Å²) in [4.78, 5) is 7.77. The van der Waals surface area contributed by atoms with E-state index in [1.54, 1.807) is 0 Å². The van der Waals surface area contributed by atoms with E-state index in [9.17, 15) is 0 Å². The lowest BCUT2D eigenvalue weighted by Crippen LogP contribution is -2.37. The van der Waals surface area contributed by atoms with Gasteiger partial charge in [-0.3, -0.25) is 0 Å². The molecule has 3 nitrogen and oxygen atoms in total. The Hall–Kier alpha value is -1.16. The molecule has 1 aliphatic carbocycles. The van der Waals surface area contributed by atoms with Crippen LogP contribution < -0.4 is 10.6 Å². The summed E-state index contributed by atoms with van der Waals surface area (Å²) in [5, 5.41) is 0. The Bertz CT molecular complexity index is 523. The van der Waals surface area contributed by atoms with E-state index in [1.165, 1.54) is 24.1 Å². The van der Waals surface area contributed by atoms with Gasteiger partial charge in [0.1, 0.15) is 10.8 Å². The van der Waals surface area contributed by atoms with Crippen LogP contribution in [-0.2, 0) is 12.8 Å². The number of nitrogens with two attached hydrogens (primary N) is 1. The van der Waals surface area contributed by atoms with Crippen molar-refractivity contribution in [3.63, 3.8) is 0 Å². The lowest BCUT2D eigenvalue weighted by Gasteiger charge is -2.32. The van der Waals surface area contributed by atoms with Crippen molar-refractivity contribution in [3.05, 3.63) is 22.9 Å². The normalized spacial score (nSPS) is 14.4. The molecule has 0 spiro atoms. The standard InChI is InChI=1S/C17H27N3S/c1-11(2)10-20(12(3)4)17-14(16(18)21)9-13-7-5-6-8-15(13)19-17/h9,11-12H,5-8,10H2,1-4H3,(H2,18,21). The van der Waals surface area contributed by atoms with Gasteiger partial charge >= 0.3 is 0 Å². The van der Waals surface area contributed by atoms with E-state index in [4.69, 9.17) is 22.9 Å². The number of aromatic nitrogens is 1. The fraction of sp³-hybridized carbons (Fsp3) is 0.647. The van der Waals surface area contributed by atoms with Gasteiger partial charge in [-0.1, -0.05) is 26.1 Å². The molecule has 2 N–H and O–H groups in total. The highest BCUT2D eigenvalue weighted by Crippen LogP contribution is 2.28. The van der Waals surface area contributed by atoms with Crippen molar-refractivity contribution in [3.8, 4) is 0 Å². The molecule has 0 amide bonds. The molecule has 2 rings (SSSR count). The van der Waals surface area contributed by atoms with Gasteiger partial charge < -0.3 is 10.6 Å². The summed E-state index contributed by atoms with van der Waals surface area (Å²) in [5.41, 5.74) is 9.50. The summed E-state index contributed by atoms with van der Waals surface area (Å²) in [6.07, 6.45) is 4.65. The Morgan fingerprint density at radius 3 is 2.52 bits per heavy atom. The van der Waals surface area contributed by atoms with Crippen molar-refractivity contribution >= 4 is 23.0 Å². The zero-order valence-electron chi connectivity index (χ0n) is 13.6. The van der Waals surface area contributed by atoms with Crippen LogP contribution in [0.4, 0.5) is 5.82 Å². The van der Waals surface area contributed by atoms with Crippen LogP contribution in [0.15, 0.2) is 6.07 Å². The highest BCUT2D eigenvalue weighted by atomic mass is 32.1. The van der Waals surface area contributed by atoms with Gasteiger partial charge in [0.05, 0.1) is 5.56 Å². The molecule has 0 aromatic carbocycles. The van der Waals surface area contributed by atoms with Crippen LogP contribution in [0.3, 0.4) is 0 Å². The maximum Gasteiger partial charge on any atom is 0.139 e. The van der Waals surface area contributed by atoms with Gasteiger partial charge in [-0.2, -0.15) is 0 Å². The largest absolute Gasteiger partial charge is 0.389 e. The van der Waals surface area contributed by atoms with Crippen LogP contribution in [0, 0.1) is 5.92 Å². The second-order valence-electron chi connectivity index (χ2n) is 6.68. The molecule has 0 fully saturated rings. The van der Waals surface area contributed by atoms with Crippen molar-refractivity contribution in [2.45, 2.75) is 59.4 Å². The molecule has 0 saturated heterocycles. The van der Waals surface area contributed by atoms with Crippen molar-refractivity contribution in [1.82, 2.24) is 4.98 Å². The summed E-state index contributed by atoms with van der Waals surface area (Å²) in [7, 11) is 0. The van der Waals surface area contributed by atoms with Gasteiger partial charge in [-0.05, 0) is 57.1 Å². The first-order valence-electron chi connectivity index (χ1n) is 7.99. The van der Waals surface area contributed by atoms with Gasteiger partial charge in [0.25, 0.3) is 0 Å². The lowest BCUT2D eigenvalue weighted by atomic mass is 9.94. The first-order chi connectivity index (χ1) is 9.90. The minimum absolute atomic E-state index is 0.384. The quantitative estimate of drug-likeness (QED) is 0.846. The molecule has 116 valence electrons. The molecule has 1 aromatic heterocycles. The maximum absolute atomic E-state index is 5.98. The maximum atomic E-state index is 5.98. The summed E-state index contributed by atoms with van der Waals surface area (Å²) in [6, 6.07) is 2.57. The van der Waals surface area contributed by atoms with E-state index in [-0.39, 0.29) is 0 Å². The molecule has 0 unspecified atom stereocenters. The van der Waals surface area contributed by atoms with Gasteiger partial charge in [0.2, 0.25) is 0 Å². The van der Waals surface area contributed by atoms with Crippen molar-refractivity contribution in [2.75, 3.05) is 11.4 Å². The Balaban J connectivity index is 2.50. The SMILES string of the molecule is CC(C)CN(c1nc2c(cc1C(N)=S)CCCC2)C(C)C. The van der Waals surface area contributed by atoms with E-state index in [1.807, 2.05) is 0 Å². The second kappa shape index (κ2) is 6.73. The molecule has 21 heavy (non-hydrogen) atoms. The molecule has 0 radical (unpaired) electrons. The zero-order valence-corrected chi connectivity index (χ0v) is 14.5. The van der Waals surface area contributed by atoms with Crippen molar-refractivity contribution in [2.24, 2.45) is 11.7 Å². The summed E-state index contributed by atoms with van der Waals surface area (Å²) in [6.45, 7) is 9.83. The molecular weight excluding hydrogens is 278 g/mol. The van der Waals surface area contributed by atoms with Crippen molar-refractivity contribution < 1.29 is 0 Å². The van der Waals surface area contributed by atoms with Gasteiger partial charge in [-0.25, -0.2) is 4.98 Å². The number of thiocarbonyl (C=S) groups is 1. The molecule has 0 atom stereocenters. The first-order valence-corrected chi connectivity index (χ1v) is 8.40. The van der Waals surface area contributed by atoms with E-state index in [2.05, 4.69) is 38.7 Å². The Morgan fingerprint density at radius 2 is 1.95 bits per heavy atom. The van der Waals surface area contributed by atoms with Crippen LogP contribution in [0.2, 0.25) is 0 Å². The molecule has 0 aliphatic heterocycles. The molecule has 1 aromatic rings. The third-order valence-electron chi connectivity index (χ3n) is 4.00. The predicted molar refractivity (Wildman–Crippen MR) is 94.1 cm³/mol. The van der Waals surface area contributed by atoms with Crippen LogP contribution in [0.5, 0.6) is 0 Å². The van der Waals surface area contributed by atoms with Gasteiger partial charge in [0.15, 0.2) is 0 Å². The summed E-state index contributed by atoms with van der Waals surface area (Å²) in [5.74, 6) is 1.55. The number of hydrogen-bond donors (Lipinski definition) is 1. The second-order valence-corrected chi connectivity index (χ2v) is 7.12. The van der Waals surface area contributed by atoms with Crippen molar-refractivity contribution in [1.29, 1.82) is 0 Å². The van der Waals surface area contributed by atoms with E-state index in [0.717, 1.165) is 30.8 Å². The number of hydrogen-bond acceptors (Lipinski definition) is 3. The Kier molecular flexibility index (Phi) is 5.20. The smallest absolute Gasteiger partial charge is 0.139 e. The number of aryl methyl sites for hydroxylation is 2. The molecule has 0 bridgehead atoms. The van der Waals surface area contributed by atoms with Crippen LogP contribution >= 0.6 is 12.2 Å². The number of nitrogens with zero attached hydrogens (tertiary/aromatic N) is 2. The van der Waals surface area contributed by atoms with E-state index >= 15 is 0 Å². The van der Waals surface area contributed by atoms with Gasteiger partial charge in [-0.15, -0.1) is 0 Å². The molecule has 0 saturated carbocycles. The molecule has 1 heterocycles. The monoisotopic (exact) mass is 305 g/mol. The number of anilines is 1. The lowest BCUT2D eigenvalue weighted by molar-refractivity contribution is 0.563. The average molecular weight is 305 g/mol. The number of fused-ring (bicyclic) bond motifs is 1. The zero-order chi connectivity index (χ0) is 15.6. The topological polar surface area (TPSA) is 42.2 Å². The molecule has 1 aliphatic rings. The van der Waals surface area contributed by atoms with Gasteiger partial charge in [0, 0.05) is 18.3 Å². The average Bonchev–Trinajstić information content (AvgIpc) is 2.42. The third kappa shape index (κ3) is 3.73. The van der Waals surface area contributed by atoms with Crippen LogP contribution in [0.1, 0.15) is 57.4 Å². The Labute approximate surface area is 133 Å². The highest BCUT2D eigenvalue weighted by Gasteiger charge is 2.22.